The monoisotopic (exact) mass is 424 g/mol. The quantitative estimate of drug-likeness (QED) is 0.149. The molecule has 0 saturated heterocycles. The van der Waals surface area contributed by atoms with E-state index < -0.39 is 0 Å². The van der Waals surface area contributed by atoms with E-state index in [9.17, 15) is 4.79 Å². The molecule has 0 aromatic heterocycles. The number of nitrogens with one attached hydrogen (secondary N) is 2. The van der Waals surface area contributed by atoms with Crippen LogP contribution in [0.4, 0.5) is 4.79 Å². The average molecular weight is 425 g/mol. The standard InChI is InChI=1S/C27H56N2O/c1-3-5-7-9-11-13-15-17-19-21-23-25-28-27(30)29-26-24-22-20-18-16-14-12-10-8-6-4-2/h3-26H2,1-2H3,(H2,28,29,30). The van der Waals surface area contributed by atoms with Gasteiger partial charge in [-0.05, 0) is 12.8 Å². The first-order valence-corrected chi connectivity index (χ1v) is 13.8. The summed E-state index contributed by atoms with van der Waals surface area (Å²) in [7, 11) is 0. The maximum absolute atomic E-state index is 11.8. The molecule has 0 rings (SSSR count). The number of unbranched alkanes of at least 4 members (excludes halogenated alkanes) is 20. The largest absolute Gasteiger partial charge is 0.338 e. The first kappa shape index (κ1) is 29.3. The summed E-state index contributed by atoms with van der Waals surface area (Å²) < 4.78 is 0. The van der Waals surface area contributed by atoms with Gasteiger partial charge in [-0.25, -0.2) is 4.79 Å². The molecule has 0 aliphatic heterocycles. The molecule has 3 heteroatoms. The van der Waals surface area contributed by atoms with Crippen LogP contribution < -0.4 is 10.6 Å². The summed E-state index contributed by atoms with van der Waals surface area (Å²) in [5, 5.41) is 6.01. The molecule has 2 amide bonds. The second-order valence-corrected chi connectivity index (χ2v) is 9.25. The Balaban J connectivity index is 3.14. The van der Waals surface area contributed by atoms with Crippen molar-refractivity contribution in [2.45, 2.75) is 155 Å². The van der Waals surface area contributed by atoms with Gasteiger partial charge in [0.2, 0.25) is 0 Å². The van der Waals surface area contributed by atoms with E-state index in [2.05, 4.69) is 24.5 Å². The summed E-state index contributed by atoms with van der Waals surface area (Å²) >= 11 is 0. The molecule has 0 aliphatic carbocycles. The van der Waals surface area contributed by atoms with Gasteiger partial charge in [0.1, 0.15) is 0 Å². The Labute approximate surface area is 189 Å². The molecule has 0 bridgehead atoms. The topological polar surface area (TPSA) is 41.1 Å². The molecular weight excluding hydrogens is 368 g/mol. The van der Waals surface area contributed by atoms with E-state index in [4.69, 9.17) is 0 Å². The molecule has 0 atom stereocenters. The van der Waals surface area contributed by atoms with Gasteiger partial charge in [0, 0.05) is 13.1 Å². The maximum Gasteiger partial charge on any atom is 0.314 e. The van der Waals surface area contributed by atoms with Crippen LogP contribution in [0.5, 0.6) is 0 Å². The predicted octanol–water partition coefficient (Wildman–Crippen LogP) is 8.91. The number of hydrogen-bond donors (Lipinski definition) is 2. The zero-order valence-electron chi connectivity index (χ0n) is 20.9. The van der Waals surface area contributed by atoms with Gasteiger partial charge in [0.25, 0.3) is 0 Å². The van der Waals surface area contributed by atoms with E-state index in [1.54, 1.807) is 0 Å². The third kappa shape index (κ3) is 25.3. The summed E-state index contributed by atoms with van der Waals surface area (Å²) in [6, 6.07) is 0.0224. The predicted molar refractivity (Wildman–Crippen MR) is 134 cm³/mol. The highest BCUT2D eigenvalue weighted by Crippen LogP contribution is 2.12. The van der Waals surface area contributed by atoms with Crippen LogP contribution in [-0.4, -0.2) is 19.1 Å². The van der Waals surface area contributed by atoms with Crippen LogP contribution in [0.25, 0.3) is 0 Å². The lowest BCUT2D eigenvalue weighted by molar-refractivity contribution is 0.240. The third-order valence-corrected chi connectivity index (χ3v) is 6.13. The lowest BCUT2D eigenvalue weighted by Gasteiger charge is -2.08. The van der Waals surface area contributed by atoms with Gasteiger partial charge in [-0.1, -0.05) is 142 Å². The van der Waals surface area contributed by atoms with Gasteiger partial charge in [-0.15, -0.1) is 0 Å². The minimum absolute atomic E-state index is 0.0224. The van der Waals surface area contributed by atoms with Crippen molar-refractivity contribution in [3.63, 3.8) is 0 Å². The van der Waals surface area contributed by atoms with Crippen molar-refractivity contribution in [2.75, 3.05) is 13.1 Å². The summed E-state index contributed by atoms with van der Waals surface area (Å²) in [4.78, 5) is 11.8. The zero-order valence-corrected chi connectivity index (χ0v) is 20.9. The molecule has 0 radical (unpaired) electrons. The van der Waals surface area contributed by atoms with Gasteiger partial charge in [0.15, 0.2) is 0 Å². The SMILES string of the molecule is CCCCCCCCCCCCCNC(=O)NCCCCCCCCCCCCC. The third-order valence-electron chi connectivity index (χ3n) is 6.13. The van der Waals surface area contributed by atoms with Gasteiger partial charge < -0.3 is 10.6 Å². The number of carbonyl (C=O) groups is 1. The fraction of sp³-hybridized carbons (Fsp3) is 0.963. The Hall–Kier alpha value is -0.730. The number of hydrogen-bond acceptors (Lipinski definition) is 1. The van der Waals surface area contributed by atoms with E-state index in [0.717, 1.165) is 25.9 Å². The smallest absolute Gasteiger partial charge is 0.314 e. The fourth-order valence-corrected chi connectivity index (χ4v) is 4.04. The molecule has 30 heavy (non-hydrogen) atoms. The lowest BCUT2D eigenvalue weighted by atomic mass is 10.1. The Bertz CT molecular complexity index is 303. The second-order valence-electron chi connectivity index (χ2n) is 9.25. The normalized spacial score (nSPS) is 11.0. The highest BCUT2D eigenvalue weighted by molar-refractivity contribution is 5.73. The van der Waals surface area contributed by atoms with Crippen molar-refractivity contribution < 1.29 is 4.79 Å². The van der Waals surface area contributed by atoms with Crippen LogP contribution in [0.2, 0.25) is 0 Å². The van der Waals surface area contributed by atoms with Gasteiger partial charge in [0.05, 0.1) is 0 Å². The van der Waals surface area contributed by atoms with Crippen molar-refractivity contribution in [2.24, 2.45) is 0 Å². The molecule has 0 aliphatic rings. The number of rotatable bonds is 24. The van der Waals surface area contributed by atoms with Crippen molar-refractivity contribution in [1.82, 2.24) is 10.6 Å². The molecule has 0 saturated carbocycles. The molecule has 3 nitrogen and oxygen atoms in total. The van der Waals surface area contributed by atoms with E-state index >= 15 is 0 Å². The lowest BCUT2D eigenvalue weighted by Crippen LogP contribution is -2.36. The molecule has 0 aromatic rings. The number of urea groups is 1. The molecule has 0 unspecified atom stereocenters. The molecule has 0 heterocycles. The summed E-state index contributed by atoms with van der Waals surface area (Å²) in [5.41, 5.74) is 0. The Morgan fingerprint density at radius 3 is 0.900 bits per heavy atom. The van der Waals surface area contributed by atoms with Gasteiger partial charge >= 0.3 is 6.03 Å². The van der Waals surface area contributed by atoms with Gasteiger partial charge in [-0.3, -0.25) is 0 Å². The highest BCUT2D eigenvalue weighted by Gasteiger charge is 1.99. The minimum atomic E-state index is 0.0224. The first-order valence-electron chi connectivity index (χ1n) is 13.8. The summed E-state index contributed by atoms with van der Waals surface area (Å²) in [6.07, 6.45) is 29.7. The summed E-state index contributed by atoms with van der Waals surface area (Å²) in [6.45, 7) is 6.19. The highest BCUT2D eigenvalue weighted by atomic mass is 16.2. The van der Waals surface area contributed by atoms with Crippen LogP contribution >= 0.6 is 0 Å². The molecule has 0 spiro atoms. The molecule has 0 fully saturated rings. The van der Waals surface area contributed by atoms with Crippen molar-refractivity contribution in [3.8, 4) is 0 Å². The van der Waals surface area contributed by atoms with Crippen LogP contribution in [0.1, 0.15) is 155 Å². The zero-order chi connectivity index (χ0) is 22.0. The minimum Gasteiger partial charge on any atom is -0.338 e. The Morgan fingerprint density at radius 2 is 0.633 bits per heavy atom. The summed E-state index contributed by atoms with van der Waals surface area (Å²) in [5.74, 6) is 0. The van der Waals surface area contributed by atoms with E-state index in [-0.39, 0.29) is 6.03 Å². The van der Waals surface area contributed by atoms with Crippen LogP contribution in [-0.2, 0) is 0 Å². The van der Waals surface area contributed by atoms with Crippen molar-refractivity contribution in [1.29, 1.82) is 0 Å². The maximum atomic E-state index is 11.8. The second kappa shape index (κ2) is 26.3. The fourth-order valence-electron chi connectivity index (χ4n) is 4.04. The Morgan fingerprint density at radius 1 is 0.400 bits per heavy atom. The van der Waals surface area contributed by atoms with Crippen LogP contribution in [0, 0.1) is 0 Å². The molecule has 0 aromatic carbocycles. The average Bonchev–Trinajstić information content (AvgIpc) is 2.75. The first-order chi connectivity index (χ1) is 14.8. The van der Waals surface area contributed by atoms with Gasteiger partial charge in [-0.2, -0.15) is 0 Å². The molecule has 180 valence electrons. The molecular formula is C27H56N2O. The van der Waals surface area contributed by atoms with Crippen LogP contribution in [0.15, 0.2) is 0 Å². The van der Waals surface area contributed by atoms with Crippen LogP contribution in [0.3, 0.4) is 0 Å². The number of amides is 2. The van der Waals surface area contributed by atoms with Crippen molar-refractivity contribution >= 4 is 6.03 Å². The molecule has 2 N–H and O–H groups in total. The van der Waals surface area contributed by atoms with Crippen molar-refractivity contribution in [3.05, 3.63) is 0 Å². The number of carbonyl (C=O) groups excluding carboxylic acids is 1. The van der Waals surface area contributed by atoms with E-state index in [0.29, 0.717) is 0 Å². The Kier molecular flexibility index (Phi) is 25.7. The van der Waals surface area contributed by atoms with E-state index in [1.807, 2.05) is 0 Å². The van der Waals surface area contributed by atoms with E-state index in [1.165, 1.54) is 128 Å².